The van der Waals surface area contributed by atoms with Gasteiger partial charge in [0, 0.05) is 11.6 Å². The molecule has 138 valence electrons. The Labute approximate surface area is 158 Å². The molecule has 27 heavy (non-hydrogen) atoms. The van der Waals surface area contributed by atoms with E-state index in [1.807, 2.05) is 36.6 Å². The summed E-state index contributed by atoms with van der Waals surface area (Å²) in [5.74, 6) is 0.770. The molecule has 0 bridgehead atoms. The van der Waals surface area contributed by atoms with Crippen molar-refractivity contribution in [3.05, 3.63) is 70.0 Å². The molecule has 0 aliphatic carbocycles. The van der Waals surface area contributed by atoms with Crippen LogP contribution in [0.3, 0.4) is 0 Å². The van der Waals surface area contributed by atoms with Crippen molar-refractivity contribution >= 4 is 23.7 Å². The topological polar surface area (TPSA) is 116 Å². The standard InChI is InChI=1S/C17H15N5O4S/c1-27-17-20-19-16(11-26-13-5-3-2-4-6-13)21(17)18-10-12-7-8-15(23)14(9-12)22(24)25/h2-10,23H,11H2,1H3/b18-10-. The lowest BCUT2D eigenvalue weighted by Gasteiger charge is -2.06. The maximum atomic E-state index is 10.9. The third-order valence-corrected chi connectivity index (χ3v) is 4.11. The van der Waals surface area contributed by atoms with Gasteiger partial charge in [-0.1, -0.05) is 30.0 Å². The van der Waals surface area contributed by atoms with Crippen molar-refractivity contribution in [2.75, 3.05) is 6.26 Å². The molecule has 0 amide bonds. The van der Waals surface area contributed by atoms with Gasteiger partial charge in [0.15, 0.2) is 11.6 Å². The van der Waals surface area contributed by atoms with Crippen LogP contribution in [-0.2, 0) is 6.61 Å². The highest BCUT2D eigenvalue weighted by Crippen LogP contribution is 2.25. The van der Waals surface area contributed by atoms with Gasteiger partial charge in [-0.05, 0) is 30.5 Å². The Balaban J connectivity index is 1.83. The summed E-state index contributed by atoms with van der Waals surface area (Å²) in [5, 5.41) is 33.5. The first-order chi connectivity index (χ1) is 13.1. The summed E-state index contributed by atoms with van der Waals surface area (Å²) in [5.41, 5.74) is 0.0654. The molecule has 0 spiro atoms. The van der Waals surface area contributed by atoms with Gasteiger partial charge in [-0.2, -0.15) is 9.78 Å². The van der Waals surface area contributed by atoms with Crippen LogP contribution in [0.4, 0.5) is 5.69 Å². The third kappa shape index (κ3) is 4.42. The summed E-state index contributed by atoms with van der Waals surface area (Å²) < 4.78 is 7.19. The Morgan fingerprint density at radius 2 is 2.07 bits per heavy atom. The molecule has 0 unspecified atom stereocenters. The first-order valence-corrected chi connectivity index (χ1v) is 8.99. The number of para-hydroxylation sites is 1. The van der Waals surface area contributed by atoms with Crippen molar-refractivity contribution in [3.63, 3.8) is 0 Å². The molecular formula is C17H15N5O4S. The predicted octanol–water partition coefficient (Wildman–Crippen LogP) is 3.08. The molecular weight excluding hydrogens is 370 g/mol. The van der Waals surface area contributed by atoms with Crippen molar-refractivity contribution in [2.45, 2.75) is 11.8 Å². The van der Waals surface area contributed by atoms with Crippen LogP contribution < -0.4 is 4.74 Å². The molecule has 1 N–H and O–H groups in total. The van der Waals surface area contributed by atoms with Crippen LogP contribution in [0.1, 0.15) is 11.4 Å². The van der Waals surface area contributed by atoms with Crippen LogP contribution in [0.15, 0.2) is 58.8 Å². The van der Waals surface area contributed by atoms with Gasteiger partial charge in [0.25, 0.3) is 0 Å². The highest BCUT2D eigenvalue weighted by molar-refractivity contribution is 7.98. The summed E-state index contributed by atoms with van der Waals surface area (Å²) in [6.07, 6.45) is 3.27. The second-order valence-electron chi connectivity index (χ2n) is 5.27. The van der Waals surface area contributed by atoms with Crippen molar-refractivity contribution in [1.29, 1.82) is 0 Å². The summed E-state index contributed by atoms with van der Waals surface area (Å²) in [6, 6.07) is 13.3. The minimum Gasteiger partial charge on any atom is -0.502 e. The van der Waals surface area contributed by atoms with Gasteiger partial charge in [-0.15, -0.1) is 10.2 Å². The number of aromatic nitrogens is 3. The Hall–Kier alpha value is -3.40. The molecule has 3 aromatic rings. The number of hydrogen-bond donors (Lipinski definition) is 1. The number of nitro benzene ring substituents is 1. The van der Waals surface area contributed by atoms with Gasteiger partial charge in [0.1, 0.15) is 12.4 Å². The van der Waals surface area contributed by atoms with Crippen LogP contribution in [0.2, 0.25) is 0 Å². The number of rotatable bonds is 7. The monoisotopic (exact) mass is 385 g/mol. The predicted molar refractivity (Wildman–Crippen MR) is 100 cm³/mol. The zero-order valence-corrected chi connectivity index (χ0v) is 15.0. The molecule has 1 heterocycles. The normalized spacial score (nSPS) is 11.0. The molecule has 9 nitrogen and oxygen atoms in total. The molecule has 0 atom stereocenters. The number of hydrogen-bond acceptors (Lipinski definition) is 8. The third-order valence-electron chi connectivity index (χ3n) is 3.49. The maximum Gasteiger partial charge on any atom is 0.311 e. The SMILES string of the molecule is CSc1nnc(COc2ccccc2)n1/N=C\c1ccc(O)c([N+](=O)[O-])c1. The van der Waals surface area contributed by atoms with E-state index in [9.17, 15) is 15.2 Å². The average molecular weight is 385 g/mol. The van der Waals surface area contributed by atoms with E-state index in [-0.39, 0.29) is 12.3 Å². The van der Waals surface area contributed by atoms with Gasteiger partial charge >= 0.3 is 5.69 Å². The molecule has 0 aliphatic rings. The Bertz CT molecular complexity index is 975. The number of phenols is 1. The summed E-state index contributed by atoms with van der Waals surface area (Å²) in [6.45, 7) is 0.157. The highest BCUT2D eigenvalue weighted by atomic mass is 32.2. The fraction of sp³-hybridized carbons (Fsp3) is 0.118. The lowest BCUT2D eigenvalue weighted by Crippen LogP contribution is -2.05. The highest BCUT2D eigenvalue weighted by Gasteiger charge is 2.14. The fourth-order valence-corrected chi connectivity index (χ4v) is 2.63. The second-order valence-corrected chi connectivity index (χ2v) is 6.04. The number of benzene rings is 2. The van der Waals surface area contributed by atoms with Gasteiger partial charge in [-0.25, -0.2) is 0 Å². The van der Waals surface area contributed by atoms with Crippen molar-refractivity contribution in [1.82, 2.24) is 14.9 Å². The quantitative estimate of drug-likeness (QED) is 0.287. The van der Waals surface area contributed by atoms with E-state index in [2.05, 4.69) is 15.3 Å². The first kappa shape index (κ1) is 18.4. The molecule has 3 rings (SSSR count). The molecule has 1 aromatic heterocycles. The number of nitrogens with zero attached hydrogens (tertiary/aromatic N) is 5. The summed E-state index contributed by atoms with van der Waals surface area (Å²) in [7, 11) is 0. The number of thioether (sulfide) groups is 1. The van der Waals surface area contributed by atoms with E-state index in [1.54, 1.807) is 0 Å². The molecule has 0 radical (unpaired) electrons. The number of aromatic hydroxyl groups is 1. The van der Waals surface area contributed by atoms with Crippen molar-refractivity contribution in [2.24, 2.45) is 5.10 Å². The van der Waals surface area contributed by atoms with Crippen LogP contribution in [0, 0.1) is 10.1 Å². The van der Waals surface area contributed by atoms with Crippen LogP contribution in [0.5, 0.6) is 11.5 Å². The molecule has 0 aliphatic heterocycles. The summed E-state index contributed by atoms with van der Waals surface area (Å²) in [4.78, 5) is 10.3. The van der Waals surface area contributed by atoms with Crippen LogP contribution in [-0.4, -0.2) is 37.4 Å². The number of phenolic OH excluding ortho intramolecular Hbond substituents is 1. The molecule has 2 aromatic carbocycles. The van der Waals surface area contributed by atoms with Gasteiger partial charge < -0.3 is 9.84 Å². The lowest BCUT2D eigenvalue weighted by atomic mass is 10.2. The average Bonchev–Trinajstić information content (AvgIpc) is 3.08. The minimum absolute atomic E-state index is 0.157. The molecule has 0 saturated carbocycles. The van der Waals surface area contributed by atoms with E-state index in [0.717, 1.165) is 0 Å². The Kier molecular flexibility index (Phi) is 5.67. The van der Waals surface area contributed by atoms with E-state index in [4.69, 9.17) is 4.74 Å². The zero-order valence-electron chi connectivity index (χ0n) is 14.2. The number of nitro groups is 1. The van der Waals surface area contributed by atoms with E-state index >= 15 is 0 Å². The van der Waals surface area contributed by atoms with E-state index < -0.39 is 10.7 Å². The van der Waals surface area contributed by atoms with Gasteiger partial charge in [-0.3, -0.25) is 10.1 Å². The lowest BCUT2D eigenvalue weighted by molar-refractivity contribution is -0.385. The van der Waals surface area contributed by atoms with Crippen molar-refractivity contribution in [3.8, 4) is 11.5 Å². The summed E-state index contributed by atoms with van der Waals surface area (Å²) >= 11 is 1.36. The van der Waals surface area contributed by atoms with E-state index in [1.165, 1.54) is 40.9 Å². The molecule has 0 fully saturated rings. The van der Waals surface area contributed by atoms with Crippen LogP contribution >= 0.6 is 11.8 Å². The van der Waals surface area contributed by atoms with Crippen LogP contribution in [0.25, 0.3) is 0 Å². The molecule has 0 saturated heterocycles. The largest absolute Gasteiger partial charge is 0.502 e. The Morgan fingerprint density at radius 1 is 1.30 bits per heavy atom. The molecule has 10 heteroatoms. The maximum absolute atomic E-state index is 10.9. The second kappa shape index (κ2) is 8.32. The first-order valence-electron chi connectivity index (χ1n) is 7.76. The minimum atomic E-state index is -0.655. The Morgan fingerprint density at radius 3 is 2.78 bits per heavy atom. The van der Waals surface area contributed by atoms with Crippen molar-refractivity contribution < 1.29 is 14.8 Å². The fourth-order valence-electron chi connectivity index (χ4n) is 2.18. The zero-order chi connectivity index (χ0) is 19.2. The van der Waals surface area contributed by atoms with Gasteiger partial charge in [0.05, 0.1) is 11.1 Å². The van der Waals surface area contributed by atoms with E-state index in [0.29, 0.717) is 22.3 Å². The van der Waals surface area contributed by atoms with Gasteiger partial charge in [0.2, 0.25) is 5.16 Å². The smallest absolute Gasteiger partial charge is 0.311 e. The number of ether oxygens (including phenoxy) is 1.